The lowest BCUT2D eigenvalue weighted by Gasteiger charge is -2.56. The Hall–Kier alpha value is -3.61. The average Bonchev–Trinajstić information content (AvgIpc) is 3.31. The van der Waals surface area contributed by atoms with Gasteiger partial charge in [-0.25, -0.2) is 4.79 Å². The summed E-state index contributed by atoms with van der Waals surface area (Å²) in [5.41, 5.74) is 3.33. The van der Waals surface area contributed by atoms with Crippen LogP contribution in [0.2, 0.25) is 0 Å². The summed E-state index contributed by atoms with van der Waals surface area (Å²) in [5.74, 6) is 1.45. The second-order valence-corrected chi connectivity index (χ2v) is 14.5. The Balaban J connectivity index is 1.20. The van der Waals surface area contributed by atoms with Crippen molar-refractivity contribution in [2.75, 3.05) is 19.0 Å². The van der Waals surface area contributed by atoms with E-state index >= 15 is 0 Å². The number of hydrogen-bond donors (Lipinski definition) is 3. The first-order valence-corrected chi connectivity index (χ1v) is 16.6. The lowest BCUT2D eigenvalue weighted by Crippen LogP contribution is -2.57. The van der Waals surface area contributed by atoms with Crippen molar-refractivity contribution >= 4 is 22.5 Å². The first-order valence-electron chi connectivity index (χ1n) is 16.6. The highest BCUT2D eigenvalue weighted by Gasteiger charge is 2.62. The topological polar surface area (TPSA) is 82.0 Å². The van der Waals surface area contributed by atoms with Crippen molar-refractivity contribution in [3.63, 3.8) is 0 Å². The van der Waals surface area contributed by atoms with Crippen molar-refractivity contribution in [2.45, 2.75) is 77.0 Å². The third kappa shape index (κ3) is 5.07. The van der Waals surface area contributed by atoms with Gasteiger partial charge in [-0.2, -0.15) is 0 Å². The standard InChI is InChI=1S/C39H46N2O4/c1-37-20-17-30(42)23-28(37)11-16-33-34(37)18-21-38(2)35(33)19-22-39(38,44)25-41(36(43)40-29-12-14-31(45-3)15-13-29)24-27-9-6-8-26-7-4-5-10-32(26)27/h4-16,30,34-35,42,44H,17-25H2,1-3H3,(H,40,43). The molecule has 7 rings (SSSR count). The molecule has 3 saturated carbocycles. The molecule has 0 heterocycles. The van der Waals surface area contributed by atoms with Gasteiger partial charge in [0.25, 0.3) is 0 Å². The number of anilines is 1. The SMILES string of the molecule is COc1ccc(NC(=O)N(Cc2cccc3ccccc23)CC2(O)CCC3C4=CC=C5CC(O)CCC5(C)C4CCC32C)cc1. The molecule has 236 valence electrons. The van der Waals surface area contributed by atoms with Crippen LogP contribution in [-0.2, 0) is 6.54 Å². The van der Waals surface area contributed by atoms with Crippen LogP contribution in [-0.4, -0.2) is 46.5 Å². The molecule has 0 saturated heterocycles. The summed E-state index contributed by atoms with van der Waals surface area (Å²) in [6.07, 6.45) is 10.5. The maximum atomic E-state index is 14.1. The van der Waals surface area contributed by atoms with E-state index in [0.717, 1.165) is 60.6 Å². The van der Waals surface area contributed by atoms with E-state index in [4.69, 9.17) is 4.74 Å². The van der Waals surface area contributed by atoms with E-state index in [2.05, 4.69) is 55.6 Å². The minimum Gasteiger partial charge on any atom is -0.497 e. The number of ether oxygens (including phenoxy) is 1. The average molecular weight is 607 g/mol. The predicted octanol–water partition coefficient (Wildman–Crippen LogP) is 7.86. The number of aliphatic hydroxyl groups is 2. The molecule has 6 atom stereocenters. The lowest BCUT2D eigenvalue weighted by molar-refractivity contribution is -0.0966. The summed E-state index contributed by atoms with van der Waals surface area (Å²) in [7, 11) is 1.63. The van der Waals surface area contributed by atoms with Crippen molar-refractivity contribution in [1.29, 1.82) is 0 Å². The summed E-state index contributed by atoms with van der Waals surface area (Å²) in [6, 6.07) is 21.6. The lowest BCUT2D eigenvalue weighted by atomic mass is 9.50. The Morgan fingerprint density at radius 1 is 0.933 bits per heavy atom. The first kappa shape index (κ1) is 30.1. The molecule has 0 spiro atoms. The van der Waals surface area contributed by atoms with Crippen LogP contribution in [0.4, 0.5) is 10.5 Å². The summed E-state index contributed by atoms with van der Waals surface area (Å²) in [4.78, 5) is 15.9. The number of aliphatic hydroxyl groups excluding tert-OH is 1. The molecule has 6 heteroatoms. The molecule has 45 heavy (non-hydrogen) atoms. The van der Waals surface area contributed by atoms with Crippen molar-refractivity contribution in [2.24, 2.45) is 22.7 Å². The first-order chi connectivity index (χ1) is 21.6. The van der Waals surface area contributed by atoms with E-state index in [1.807, 2.05) is 47.4 Å². The Morgan fingerprint density at radius 3 is 2.49 bits per heavy atom. The summed E-state index contributed by atoms with van der Waals surface area (Å²) >= 11 is 0. The molecule has 2 amide bonds. The third-order valence-corrected chi connectivity index (χ3v) is 12.2. The number of rotatable bonds is 6. The van der Waals surface area contributed by atoms with Crippen molar-refractivity contribution in [3.05, 3.63) is 95.6 Å². The number of methoxy groups -OCH3 is 1. The van der Waals surface area contributed by atoms with Gasteiger partial charge in [-0.15, -0.1) is 0 Å². The molecule has 4 aliphatic carbocycles. The zero-order valence-corrected chi connectivity index (χ0v) is 26.8. The third-order valence-electron chi connectivity index (χ3n) is 12.2. The van der Waals surface area contributed by atoms with Gasteiger partial charge in [0.2, 0.25) is 0 Å². The fraction of sp³-hybridized carbons (Fsp3) is 0.462. The molecular formula is C39H46N2O4. The molecule has 4 aliphatic rings. The van der Waals surface area contributed by atoms with Crippen molar-refractivity contribution in [3.8, 4) is 5.75 Å². The van der Waals surface area contributed by atoms with Crippen LogP contribution in [0, 0.1) is 22.7 Å². The number of urea groups is 1. The number of benzene rings is 3. The fourth-order valence-corrected chi connectivity index (χ4v) is 9.38. The maximum Gasteiger partial charge on any atom is 0.322 e. The summed E-state index contributed by atoms with van der Waals surface area (Å²) in [6.45, 7) is 5.32. The van der Waals surface area contributed by atoms with E-state index in [1.54, 1.807) is 7.11 Å². The monoisotopic (exact) mass is 606 g/mol. The van der Waals surface area contributed by atoms with Crippen LogP contribution in [0.1, 0.15) is 64.4 Å². The number of nitrogens with one attached hydrogen (secondary N) is 1. The van der Waals surface area contributed by atoms with Crippen LogP contribution >= 0.6 is 0 Å². The number of allylic oxidation sites excluding steroid dienone is 3. The van der Waals surface area contributed by atoms with E-state index < -0.39 is 5.60 Å². The maximum absolute atomic E-state index is 14.1. The van der Waals surface area contributed by atoms with Gasteiger partial charge in [0.15, 0.2) is 0 Å². The van der Waals surface area contributed by atoms with Crippen molar-refractivity contribution < 1.29 is 19.7 Å². The summed E-state index contributed by atoms with van der Waals surface area (Å²) < 4.78 is 5.31. The van der Waals surface area contributed by atoms with Crippen LogP contribution in [0.5, 0.6) is 5.75 Å². The molecule has 3 aromatic carbocycles. The number of nitrogens with zero attached hydrogens (tertiary/aromatic N) is 1. The van der Waals surface area contributed by atoms with Gasteiger partial charge >= 0.3 is 6.03 Å². The van der Waals surface area contributed by atoms with Gasteiger partial charge < -0.3 is 25.2 Å². The van der Waals surface area contributed by atoms with Crippen LogP contribution in [0.3, 0.4) is 0 Å². The fourth-order valence-electron chi connectivity index (χ4n) is 9.38. The highest BCUT2D eigenvalue weighted by Crippen LogP contribution is 2.66. The highest BCUT2D eigenvalue weighted by molar-refractivity contribution is 5.90. The molecule has 0 radical (unpaired) electrons. The molecule has 3 fully saturated rings. The molecule has 0 aliphatic heterocycles. The van der Waals surface area contributed by atoms with Gasteiger partial charge in [-0.05, 0) is 103 Å². The van der Waals surface area contributed by atoms with E-state index in [9.17, 15) is 15.0 Å². The zero-order valence-electron chi connectivity index (χ0n) is 26.8. The van der Waals surface area contributed by atoms with Crippen molar-refractivity contribution in [1.82, 2.24) is 4.90 Å². The van der Waals surface area contributed by atoms with E-state index in [1.165, 1.54) is 11.1 Å². The zero-order chi connectivity index (χ0) is 31.4. The Labute approximate surface area is 266 Å². The van der Waals surface area contributed by atoms with E-state index in [0.29, 0.717) is 24.6 Å². The number of carbonyl (C=O) groups is 1. The van der Waals surface area contributed by atoms with Gasteiger partial charge in [-0.1, -0.05) is 79.6 Å². The number of carbonyl (C=O) groups excluding carboxylic acids is 1. The van der Waals surface area contributed by atoms with Crippen LogP contribution in [0.15, 0.2) is 90.0 Å². The predicted molar refractivity (Wildman–Crippen MR) is 179 cm³/mol. The summed E-state index contributed by atoms with van der Waals surface area (Å²) in [5, 5.41) is 28.4. The van der Waals surface area contributed by atoms with Gasteiger partial charge in [0.1, 0.15) is 5.75 Å². The Morgan fingerprint density at radius 2 is 1.69 bits per heavy atom. The molecule has 3 N–H and O–H groups in total. The molecule has 6 unspecified atom stereocenters. The minimum absolute atomic E-state index is 0.0873. The molecule has 0 bridgehead atoms. The van der Waals surface area contributed by atoms with Crippen LogP contribution < -0.4 is 10.1 Å². The largest absolute Gasteiger partial charge is 0.497 e. The molecule has 0 aromatic heterocycles. The molecule has 6 nitrogen and oxygen atoms in total. The molecule has 3 aromatic rings. The highest BCUT2D eigenvalue weighted by atomic mass is 16.5. The number of amides is 2. The normalized spacial score (nSPS) is 32.1. The minimum atomic E-state index is -1.03. The van der Waals surface area contributed by atoms with E-state index in [-0.39, 0.29) is 35.4 Å². The molecular weight excluding hydrogens is 560 g/mol. The van der Waals surface area contributed by atoms with Crippen LogP contribution in [0.25, 0.3) is 10.8 Å². The number of fused-ring (bicyclic) bond motifs is 6. The second-order valence-electron chi connectivity index (χ2n) is 14.5. The number of hydrogen-bond acceptors (Lipinski definition) is 4. The smallest absolute Gasteiger partial charge is 0.322 e. The van der Waals surface area contributed by atoms with Gasteiger partial charge in [0, 0.05) is 17.6 Å². The van der Waals surface area contributed by atoms with Gasteiger partial charge in [0.05, 0.1) is 25.4 Å². The Bertz CT molecular complexity index is 1660. The quantitative estimate of drug-likeness (QED) is 0.267. The Kier molecular flexibility index (Phi) is 7.57. The second kappa shape index (κ2) is 11.3. The van der Waals surface area contributed by atoms with Gasteiger partial charge in [-0.3, -0.25) is 0 Å².